The number of nitrogens with two attached hydrogens (primary N) is 1. The van der Waals surface area contributed by atoms with Crippen LogP contribution in [0.15, 0.2) is 6.20 Å². The molecule has 0 aliphatic carbocycles. The Labute approximate surface area is 122 Å². The number of piperidine rings is 1. The summed E-state index contributed by atoms with van der Waals surface area (Å²) in [5, 5.41) is 11.1. The van der Waals surface area contributed by atoms with Gasteiger partial charge in [0.05, 0.1) is 4.88 Å². The van der Waals surface area contributed by atoms with Crippen molar-refractivity contribution in [2.24, 2.45) is 0 Å². The van der Waals surface area contributed by atoms with E-state index in [9.17, 15) is 9.90 Å². The van der Waals surface area contributed by atoms with Gasteiger partial charge < -0.3 is 20.5 Å². The zero-order valence-electron chi connectivity index (χ0n) is 12.0. The van der Waals surface area contributed by atoms with Crippen LogP contribution in [-0.2, 0) is 10.3 Å². The Morgan fingerprint density at radius 3 is 2.55 bits per heavy atom. The standard InChI is InChI=1S/C13H21N3O3S/c1-12(2,3)19-11(17)16-6-4-13(18,5-7-16)9-8-15-10(14)20-9/h8,18H,4-7H2,1-3H3,(H2,14,15). The molecule has 3 N–H and O–H groups in total. The van der Waals surface area contributed by atoms with E-state index in [4.69, 9.17) is 10.5 Å². The maximum Gasteiger partial charge on any atom is 0.410 e. The molecule has 1 aliphatic rings. The molecule has 6 nitrogen and oxygen atoms in total. The highest BCUT2D eigenvalue weighted by atomic mass is 32.1. The van der Waals surface area contributed by atoms with E-state index >= 15 is 0 Å². The van der Waals surface area contributed by atoms with Gasteiger partial charge >= 0.3 is 6.09 Å². The summed E-state index contributed by atoms with van der Waals surface area (Å²) in [6, 6.07) is 0. The Morgan fingerprint density at radius 2 is 2.10 bits per heavy atom. The fraction of sp³-hybridized carbons (Fsp3) is 0.692. The molecule has 2 rings (SSSR count). The zero-order valence-corrected chi connectivity index (χ0v) is 12.9. The number of amides is 1. The number of carbonyl (C=O) groups excluding carboxylic acids is 1. The molecule has 0 bridgehead atoms. The van der Waals surface area contributed by atoms with Gasteiger partial charge in [0, 0.05) is 19.3 Å². The third kappa shape index (κ3) is 3.40. The summed E-state index contributed by atoms with van der Waals surface area (Å²) < 4.78 is 5.33. The van der Waals surface area contributed by atoms with Gasteiger partial charge in [0.15, 0.2) is 5.13 Å². The Morgan fingerprint density at radius 1 is 1.50 bits per heavy atom. The molecule has 0 saturated carbocycles. The third-order valence-corrected chi connectivity index (χ3v) is 4.24. The second-order valence-electron chi connectivity index (χ2n) is 6.06. The van der Waals surface area contributed by atoms with E-state index in [2.05, 4.69) is 4.98 Å². The summed E-state index contributed by atoms with van der Waals surface area (Å²) in [5.74, 6) is 0. The monoisotopic (exact) mass is 299 g/mol. The van der Waals surface area contributed by atoms with Crippen LogP contribution < -0.4 is 5.73 Å². The van der Waals surface area contributed by atoms with E-state index in [0.29, 0.717) is 31.1 Å². The SMILES string of the molecule is CC(C)(C)OC(=O)N1CCC(O)(c2cnc(N)s2)CC1. The number of aromatic nitrogens is 1. The third-order valence-electron chi connectivity index (χ3n) is 3.22. The lowest BCUT2D eigenvalue weighted by Crippen LogP contribution is -2.46. The minimum atomic E-state index is -0.937. The summed E-state index contributed by atoms with van der Waals surface area (Å²) in [5.41, 5.74) is 4.16. The average molecular weight is 299 g/mol. The molecular weight excluding hydrogens is 278 g/mol. The molecule has 1 aromatic rings. The summed E-state index contributed by atoms with van der Waals surface area (Å²) in [4.78, 5) is 18.3. The summed E-state index contributed by atoms with van der Waals surface area (Å²) in [6.07, 6.45) is 2.22. The molecule has 1 aliphatic heterocycles. The number of ether oxygens (including phenoxy) is 1. The van der Waals surface area contributed by atoms with Gasteiger partial charge in [-0.05, 0) is 33.6 Å². The number of likely N-dealkylation sites (tertiary alicyclic amines) is 1. The molecule has 1 aromatic heterocycles. The van der Waals surface area contributed by atoms with Crippen molar-refractivity contribution >= 4 is 22.6 Å². The first-order valence-corrected chi connectivity index (χ1v) is 7.43. The minimum absolute atomic E-state index is 0.330. The molecule has 0 spiro atoms. The summed E-state index contributed by atoms with van der Waals surface area (Å²) >= 11 is 1.29. The van der Waals surface area contributed by atoms with Crippen LogP contribution in [0.25, 0.3) is 0 Å². The number of thiazole rings is 1. The zero-order chi connectivity index (χ0) is 15.0. The topological polar surface area (TPSA) is 88.7 Å². The summed E-state index contributed by atoms with van der Waals surface area (Å²) in [7, 11) is 0. The van der Waals surface area contributed by atoms with Crippen molar-refractivity contribution in [3.05, 3.63) is 11.1 Å². The van der Waals surface area contributed by atoms with Gasteiger partial charge in [-0.1, -0.05) is 11.3 Å². The number of anilines is 1. The number of hydrogen-bond acceptors (Lipinski definition) is 6. The van der Waals surface area contributed by atoms with Crippen LogP contribution in [0, 0.1) is 0 Å². The van der Waals surface area contributed by atoms with Crippen molar-refractivity contribution in [1.29, 1.82) is 0 Å². The molecule has 2 heterocycles. The van der Waals surface area contributed by atoms with Gasteiger partial charge in [-0.25, -0.2) is 9.78 Å². The van der Waals surface area contributed by atoms with Gasteiger partial charge in [0.1, 0.15) is 11.2 Å². The quantitative estimate of drug-likeness (QED) is 0.827. The van der Waals surface area contributed by atoms with E-state index < -0.39 is 11.2 Å². The number of aliphatic hydroxyl groups is 1. The lowest BCUT2D eigenvalue weighted by atomic mass is 9.90. The van der Waals surface area contributed by atoms with Crippen molar-refractivity contribution in [2.75, 3.05) is 18.8 Å². The van der Waals surface area contributed by atoms with Crippen molar-refractivity contribution in [3.63, 3.8) is 0 Å². The molecule has 1 saturated heterocycles. The Bertz CT molecular complexity index is 487. The van der Waals surface area contributed by atoms with Crippen molar-refractivity contribution in [2.45, 2.75) is 44.8 Å². The molecule has 0 radical (unpaired) electrons. The summed E-state index contributed by atoms with van der Waals surface area (Å²) in [6.45, 7) is 6.44. The van der Waals surface area contributed by atoms with Crippen molar-refractivity contribution in [3.8, 4) is 0 Å². The van der Waals surface area contributed by atoms with Crippen LogP contribution in [0.4, 0.5) is 9.93 Å². The van der Waals surface area contributed by atoms with E-state index in [0.717, 1.165) is 4.88 Å². The number of carbonyl (C=O) groups is 1. The minimum Gasteiger partial charge on any atom is -0.444 e. The second-order valence-corrected chi connectivity index (χ2v) is 7.12. The Hall–Kier alpha value is -1.34. The van der Waals surface area contributed by atoms with Crippen LogP contribution in [-0.4, -0.2) is 39.8 Å². The van der Waals surface area contributed by atoms with Crippen LogP contribution in [0.5, 0.6) is 0 Å². The molecule has 0 aromatic carbocycles. The Kier molecular flexibility index (Phi) is 3.93. The van der Waals surface area contributed by atoms with Crippen LogP contribution in [0.1, 0.15) is 38.5 Å². The fourth-order valence-electron chi connectivity index (χ4n) is 2.13. The van der Waals surface area contributed by atoms with Gasteiger partial charge in [0.2, 0.25) is 0 Å². The normalized spacial score (nSPS) is 18.9. The largest absolute Gasteiger partial charge is 0.444 e. The van der Waals surface area contributed by atoms with Crippen molar-refractivity contribution in [1.82, 2.24) is 9.88 Å². The highest BCUT2D eigenvalue weighted by molar-refractivity contribution is 7.15. The molecule has 20 heavy (non-hydrogen) atoms. The molecule has 7 heteroatoms. The molecule has 1 fully saturated rings. The maximum absolute atomic E-state index is 12.0. The average Bonchev–Trinajstić information content (AvgIpc) is 2.75. The highest BCUT2D eigenvalue weighted by Gasteiger charge is 2.38. The van der Waals surface area contributed by atoms with Gasteiger partial charge in [-0.2, -0.15) is 0 Å². The Balaban J connectivity index is 1.97. The van der Waals surface area contributed by atoms with Gasteiger partial charge in [-0.3, -0.25) is 0 Å². The van der Waals surface area contributed by atoms with Gasteiger partial charge in [-0.15, -0.1) is 0 Å². The molecule has 1 amide bonds. The number of rotatable bonds is 1. The second kappa shape index (κ2) is 5.21. The van der Waals surface area contributed by atoms with E-state index in [-0.39, 0.29) is 6.09 Å². The predicted molar refractivity (Wildman–Crippen MR) is 77.5 cm³/mol. The lowest BCUT2D eigenvalue weighted by Gasteiger charge is -2.37. The first-order chi connectivity index (χ1) is 9.20. The number of nitrogen functional groups attached to an aromatic ring is 1. The number of hydrogen-bond donors (Lipinski definition) is 2. The maximum atomic E-state index is 12.0. The predicted octanol–water partition coefficient (Wildman–Crippen LogP) is 1.94. The van der Waals surface area contributed by atoms with E-state index in [1.54, 1.807) is 11.1 Å². The van der Waals surface area contributed by atoms with Crippen LogP contribution in [0.3, 0.4) is 0 Å². The molecular formula is C13H21N3O3S. The molecule has 0 atom stereocenters. The lowest BCUT2D eigenvalue weighted by molar-refractivity contribution is -0.0336. The van der Waals surface area contributed by atoms with Crippen molar-refractivity contribution < 1.29 is 14.6 Å². The smallest absolute Gasteiger partial charge is 0.410 e. The van der Waals surface area contributed by atoms with Gasteiger partial charge in [0.25, 0.3) is 0 Å². The van der Waals surface area contributed by atoms with Crippen LogP contribution in [0.2, 0.25) is 0 Å². The highest BCUT2D eigenvalue weighted by Crippen LogP contribution is 2.36. The first kappa shape index (κ1) is 15.1. The molecule has 112 valence electrons. The first-order valence-electron chi connectivity index (χ1n) is 6.62. The van der Waals surface area contributed by atoms with E-state index in [1.807, 2.05) is 20.8 Å². The van der Waals surface area contributed by atoms with Crippen LogP contribution >= 0.6 is 11.3 Å². The molecule has 0 unspecified atom stereocenters. The number of nitrogens with zero attached hydrogens (tertiary/aromatic N) is 2. The van der Waals surface area contributed by atoms with E-state index in [1.165, 1.54) is 11.3 Å². The fourth-order valence-corrected chi connectivity index (χ4v) is 2.97.